The Bertz CT molecular complexity index is 578. The third kappa shape index (κ3) is 2.83. The van der Waals surface area contributed by atoms with Crippen LogP contribution in [0.4, 0.5) is 4.39 Å². The third-order valence-corrected chi connectivity index (χ3v) is 3.67. The lowest BCUT2D eigenvalue weighted by Crippen LogP contribution is -2.31. The fraction of sp³-hybridized carbons (Fsp3) is 0.214. The molecular weight excluding hydrogens is 309 g/mol. The summed E-state index contributed by atoms with van der Waals surface area (Å²) in [7, 11) is 0. The zero-order valence-corrected chi connectivity index (χ0v) is 12.3. The van der Waals surface area contributed by atoms with Gasteiger partial charge >= 0.3 is 0 Å². The molecule has 0 saturated carbocycles. The maximum Gasteiger partial charge on any atom is 0.128 e. The first kappa shape index (κ1) is 14.1. The molecule has 5 heteroatoms. The van der Waals surface area contributed by atoms with Gasteiger partial charge < -0.3 is 0 Å². The highest BCUT2D eigenvalue weighted by atomic mass is 79.9. The standard InChI is InChI=1S/C14H15BrFN3/c1-8-6-9(2)12(11(16)7-8)14(19-17)13-10(15)4-3-5-18-13/h3-7,14,19H,17H2,1-2H3. The smallest absolute Gasteiger partial charge is 0.128 e. The summed E-state index contributed by atoms with van der Waals surface area (Å²) < 4.78 is 15.0. The molecule has 2 rings (SSSR count). The average molecular weight is 324 g/mol. The number of hydrazine groups is 1. The van der Waals surface area contributed by atoms with Crippen LogP contribution in [0, 0.1) is 19.7 Å². The summed E-state index contributed by atoms with van der Waals surface area (Å²) in [6.07, 6.45) is 1.66. The lowest BCUT2D eigenvalue weighted by atomic mass is 9.96. The van der Waals surface area contributed by atoms with E-state index in [1.165, 1.54) is 6.07 Å². The number of aromatic nitrogens is 1. The summed E-state index contributed by atoms with van der Waals surface area (Å²) in [6.45, 7) is 3.73. The molecule has 0 amide bonds. The quantitative estimate of drug-likeness (QED) is 0.674. The largest absolute Gasteiger partial charge is 0.271 e. The molecule has 1 unspecified atom stereocenters. The van der Waals surface area contributed by atoms with Crippen LogP contribution in [0.15, 0.2) is 34.9 Å². The SMILES string of the molecule is Cc1cc(C)c(C(NN)c2ncccc2Br)c(F)c1. The molecule has 0 aliphatic carbocycles. The van der Waals surface area contributed by atoms with E-state index in [9.17, 15) is 4.39 Å². The number of rotatable bonds is 3. The molecule has 1 atom stereocenters. The molecule has 0 spiro atoms. The fourth-order valence-electron chi connectivity index (χ4n) is 2.20. The summed E-state index contributed by atoms with van der Waals surface area (Å²) in [6, 6.07) is 6.60. The second-order valence-corrected chi connectivity index (χ2v) is 5.30. The number of aryl methyl sites for hydroxylation is 2. The number of nitrogens with zero attached hydrogens (tertiary/aromatic N) is 1. The molecule has 1 aromatic heterocycles. The Labute approximate surface area is 120 Å². The molecule has 19 heavy (non-hydrogen) atoms. The molecule has 3 nitrogen and oxygen atoms in total. The van der Waals surface area contributed by atoms with Crippen LogP contribution in [0.1, 0.15) is 28.4 Å². The topological polar surface area (TPSA) is 50.9 Å². The van der Waals surface area contributed by atoms with Gasteiger partial charge in [0, 0.05) is 16.2 Å². The number of hydrogen-bond acceptors (Lipinski definition) is 3. The van der Waals surface area contributed by atoms with Gasteiger partial charge in [-0.05, 0) is 59.1 Å². The molecule has 0 fully saturated rings. The Kier molecular flexibility index (Phi) is 4.29. The van der Waals surface area contributed by atoms with E-state index in [2.05, 4.69) is 26.3 Å². The Morgan fingerprint density at radius 2 is 2.11 bits per heavy atom. The number of nitrogens with two attached hydrogens (primary N) is 1. The van der Waals surface area contributed by atoms with Crippen LogP contribution in [-0.4, -0.2) is 4.98 Å². The first-order valence-corrected chi connectivity index (χ1v) is 6.67. The van der Waals surface area contributed by atoms with Crippen molar-refractivity contribution in [3.05, 3.63) is 63.1 Å². The van der Waals surface area contributed by atoms with Gasteiger partial charge in [-0.15, -0.1) is 0 Å². The van der Waals surface area contributed by atoms with Crippen molar-refractivity contribution >= 4 is 15.9 Å². The minimum Gasteiger partial charge on any atom is -0.271 e. The van der Waals surface area contributed by atoms with E-state index in [0.29, 0.717) is 11.3 Å². The minimum absolute atomic E-state index is 0.280. The van der Waals surface area contributed by atoms with E-state index < -0.39 is 6.04 Å². The number of nitrogens with one attached hydrogen (secondary N) is 1. The summed E-state index contributed by atoms with van der Waals surface area (Å²) >= 11 is 3.42. The van der Waals surface area contributed by atoms with Crippen LogP contribution in [0.2, 0.25) is 0 Å². The van der Waals surface area contributed by atoms with Crippen molar-refractivity contribution in [3.8, 4) is 0 Å². The Morgan fingerprint density at radius 3 is 2.68 bits per heavy atom. The third-order valence-electron chi connectivity index (χ3n) is 3.00. The second kappa shape index (κ2) is 5.77. The van der Waals surface area contributed by atoms with Gasteiger partial charge in [-0.3, -0.25) is 10.8 Å². The zero-order valence-electron chi connectivity index (χ0n) is 10.7. The van der Waals surface area contributed by atoms with Crippen LogP contribution < -0.4 is 11.3 Å². The predicted octanol–water partition coefficient (Wildman–Crippen LogP) is 3.15. The molecule has 1 heterocycles. The van der Waals surface area contributed by atoms with Gasteiger partial charge in [0.2, 0.25) is 0 Å². The van der Waals surface area contributed by atoms with Crippen LogP contribution in [-0.2, 0) is 0 Å². The summed E-state index contributed by atoms with van der Waals surface area (Å²) in [5.41, 5.74) is 5.56. The highest BCUT2D eigenvalue weighted by Crippen LogP contribution is 2.30. The maximum atomic E-state index is 14.2. The van der Waals surface area contributed by atoms with Crippen molar-refractivity contribution in [2.75, 3.05) is 0 Å². The highest BCUT2D eigenvalue weighted by Gasteiger charge is 2.22. The van der Waals surface area contributed by atoms with E-state index in [4.69, 9.17) is 5.84 Å². The van der Waals surface area contributed by atoms with Crippen LogP contribution in [0.3, 0.4) is 0 Å². The number of benzene rings is 1. The zero-order chi connectivity index (χ0) is 14.0. The Morgan fingerprint density at radius 1 is 1.37 bits per heavy atom. The van der Waals surface area contributed by atoms with Gasteiger partial charge in [0.1, 0.15) is 5.82 Å². The number of hydrogen-bond donors (Lipinski definition) is 2. The molecule has 2 aromatic rings. The predicted molar refractivity (Wildman–Crippen MR) is 77.0 cm³/mol. The van der Waals surface area contributed by atoms with Gasteiger partial charge in [-0.1, -0.05) is 6.07 Å². The van der Waals surface area contributed by atoms with Crippen LogP contribution in [0.5, 0.6) is 0 Å². The summed E-state index contributed by atoms with van der Waals surface area (Å²) in [5, 5.41) is 0. The van der Waals surface area contributed by atoms with Crippen molar-refractivity contribution < 1.29 is 4.39 Å². The molecule has 100 valence electrons. The molecule has 3 N–H and O–H groups in total. The van der Waals surface area contributed by atoms with Gasteiger partial charge in [0.25, 0.3) is 0 Å². The van der Waals surface area contributed by atoms with Crippen LogP contribution >= 0.6 is 15.9 Å². The van der Waals surface area contributed by atoms with Crippen molar-refractivity contribution in [3.63, 3.8) is 0 Å². The first-order chi connectivity index (χ1) is 9.04. The minimum atomic E-state index is -0.490. The Hall–Kier alpha value is -1.30. The van der Waals surface area contributed by atoms with Crippen LogP contribution in [0.25, 0.3) is 0 Å². The van der Waals surface area contributed by atoms with E-state index in [1.807, 2.05) is 26.0 Å². The molecule has 0 saturated heterocycles. The average Bonchev–Trinajstić information content (AvgIpc) is 2.34. The molecule has 0 aliphatic rings. The summed E-state index contributed by atoms with van der Waals surface area (Å²) in [4.78, 5) is 4.27. The molecule has 0 radical (unpaired) electrons. The molecule has 1 aromatic carbocycles. The van der Waals surface area contributed by atoms with Gasteiger partial charge in [-0.2, -0.15) is 0 Å². The number of halogens is 2. The lowest BCUT2D eigenvalue weighted by molar-refractivity contribution is 0.548. The van der Waals surface area contributed by atoms with Gasteiger partial charge in [0.05, 0.1) is 11.7 Å². The normalized spacial score (nSPS) is 12.5. The van der Waals surface area contributed by atoms with E-state index in [-0.39, 0.29) is 5.82 Å². The van der Waals surface area contributed by atoms with Crippen molar-refractivity contribution in [2.24, 2.45) is 5.84 Å². The van der Waals surface area contributed by atoms with Crippen molar-refractivity contribution in [1.29, 1.82) is 0 Å². The van der Waals surface area contributed by atoms with Gasteiger partial charge in [-0.25, -0.2) is 9.82 Å². The fourth-order valence-corrected chi connectivity index (χ4v) is 2.69. The second-order valence-electron chi connectivity index (χ2n) is 4.45. The Balaban J connectivity index is 2.58. The highest BCUT2D eigenvalue weighted by molar-refractivity contribution is 9.10. The van der Waals surface area contributed by atoms with Crippen molar-refractivity contribution in [2.45, 2.75) is 19.9 Å². The van der Waals surface area contributed by atoms with E-state index in [1.54, 1.807) is 12.3 Å². The monoisotopic (exact) mass is 323 g/mol. The number of pyridine rings is 1. The molecule has 0 bridgehead atoms. The van der Waals surface area contributed by atoms with E-state index >= 15 is 0 Å². The van der Waals surface area contributed by atoms with E-state index in [0.717, 1.165) is 15.6 Å². The van der Waals surface area contributed by atoms with Crippen molar-refractivity contribution in [1.82, 2.24) is 10.4 Å². The maximum absolute atomic E-state index is 14.2. The first-order valence-electron chi connectivity index (χ1n) is 5.87. The summed E-state index contributed by atoms with van der Waals surface area (Å²) in [5.74, 6) is 5.32. The lowest BCUT2D eigenvalue weighted by Gasteiger charge is -2.20. The van der Waals surface area contributed by atoms with Gasteiger partial charge in [0.15, 0.2) is 0 Å². The molecular formula is C14H15BrFN3. The molecule has 0 aliphatic heterocycles.